The molecule has 134 valence electrons. The average Bonchev–Trinajstić information content (AvgIpc) is 2.60. The fourth-order valence-electron chi connectivity index (χ4n) is 2.19. The molecule has 5 nitrogen and oxygen atoms in total. The van der Waals surface area contributed by atoms with Crippen LogP contribution in [0.5, 0.6) is 0 Å². The number of thioether (sulfide) groups is 1. The van der Waals surface area contributed by atoms with Gasteiger partial charge in [0.2, 0.25) is 5.91 Å². The number of rotatable bonds is 10. The molecule has 6 heteroatoms. The van der Waals surface area contributed by atoms with Gasteiger partial charge in [-0.15, -0.1) is 11.8 Å². The maximum absolute atomic E-state index is 12.0. The van der Waals surface area contributed by atoms with Crippen LogP contribution in [0.1, 0.15) is 27.2 Å². The van der Waals surface area contributed by atoms with E-state index >= 15 is 0 Å². The number of hydrogen-bond acceptors (Lipinski definition) is 3. The highest BCUT2D eigenvalue weighted by atomic mass is 32.2. The summed E-state index contributed by atoms with van der Waals surface area (Å²) in [5.41, 5.74) is 0. The Hall–Kier alpha value is -1.69. The van der Waals surface area contributed by atoms with Crippen molar-refractivity contribution in [2.75, 3.05) is 38.5 Å². The molecule has 1 aromatic carbocycles. The Bertz CT molecular complexity index is 489. The standard InChI is InChI=1S/C18H30N4OS/c1-4-19-18(20-13-12-17(23)22(5-2)6-3)21-14-15-24-16-10-8-7-9-11-16/h7-11H,4-6,12-15H2,1-3H3,(H2,19,20,21). The molecule has 0 heterocycles. The van der Waals surface area contributed by atoms with Crippen LogP contribution in [0, 0.1) is 0 Å². The summed E-state index contributed by atoms with van der Waals surface area (Å²) in [6.07, 6.45) is 0.455. The third-order valence-electron chi connectivity index (χ3n) is 3.46. The Balaban J connectivity index is 2.32. The molecule has 0 aliphatic rings. The minimum atomic E-state index is 0.166. The van der Waals surface area contributed by atoms with Crippen LogP contribution >= 0.6 is 11.8 Å². The first-order chi connectivity index (χ1) is 11.7. The van der Waals surface area contributed by atoms with E-state index in [9.17, 15) is 4.79 Å². The van der Waals surface area contributed by atoms with Crippen LogP contribution in [0.3, 0.4) is 0 Å². The zero-order valence-corrected chi connectivity index (χ0v) is 15.9. The fraction of sp³-hybridized carbons (Fsp3) is 0.556. The molecule has 0 saturated heterocycles. The Morgan fingerprint density at radius 2 is 1.83 bits per heavy atom. The summed E-state index contributed by atoms with van der Waals surface area (Å²) in [6, 6.07) is 10.4. The molecule has 0 aliphatic carbocycles. The summed E-state index contributed by atoms with van der Waals surface area (Å²) in [4.78, 5) is 19.6. The van der Waals surface area contributed by atoms with E-state index in [1.54, 1.807) is 0 Å². The summed E-state index contributed by atoms with van der Waals surface area (Å²) in [7, 11) is 0. The highest BCUT2D eigenvalue weighted by Gasteiger charge is 2.08. The van der Waals surface area contributed by atoms with Crippen LogP contribution in [-0.2, 0) is 4.79 Å². The van der Waals surface area contributed by atoms with Crippen molar-refractivity contribution in [3.63, 3.8) is 0 Å². The van der Waals surface area contributed by atoms with Gasteiger partial charge in [-0.2, -0.15) is 0 Å². The number of nitrogens with one attached hydrogen (secondary N) is 2. The number of guanidine groups is 1. The van der Waals surface area contributed by atoms with Gasteiger partial charge >= 0.3 is 0 Å². The lowest BCUT2D eigenvalue weighted by Gasteiger charge is -2.18. The van der Waals surface area contributed by atoms with Gasteiger partial charge in [0, 0.05) is 43.2 Å². The van der Waals surface area contributed by atoms with Crippen LogP contribution in [0.25, 0.3) is 0 Å². The van der Waals surface area contributed by atoms with Gasteiger partial charge < -0.3 is 15.5 Å². The molecule has 0 aromatic heterocycles. The first kappa shape index (κ1) is 20.4. The van der Waals surface area contributed by atoms with Gasteiger partial charge in [0.15, 0.2) is 5.96 Å². The Morgan fingerprint density at radius 3 is 2.46 bits per heavy atom. The van der Waals surface area contributed by atoms with Crippen molar-refractivity contribution >= 4 is 23.6 Å². The molecule has 1 rings (SSSR count). The molecule has 1 amide bonds. The molecule has 0 saturated carbocycles. The van der Waals surface area contributed by atoms with Crippen LogP contribution in [0.15, 0.2) is 40.2 Å². The molecular weight excluding hydrogens is 320 g/mol. The van der Waals surface area contributed by atoms with Gasteiger partial charge in [-0.1, -0.05) is 18.2 Å². The lowest BCUT2D eigenvalue weighted by atomic mass is 10.3. The predicted molar refractivity (Wildman–Crippen MR) is 104 cm³/mol. The van der Waals surface area contributed by atoms with Crippen molar-refractivity contribution < 1.29 is 4.79 Å². The zero-order valence-electron chi connectivity index (χ0n) is 15.0. The molecular formula is C18H30N4OS. The first-order valence-corrected chi connectivity index (χ1v) is 9.67. The third kappa shape index (κ3) is 8.24. The van der Waals surface area contributed by atoms with E-state index in [4.69, 9.17) is 0 Å². The van der Waals surface area contributed by atoms with Gasteiger partial charge in [-0.3, -0.25) is 9.79 Å². The molecule has 0 bridgehead atoms. The summed E-state index contributed by atoms with van der Waals surface area (Å²) < 4.78 is 0. The van der Waals surface area contributed by atoms with E-state index in [0.717, 1.165) is 37.9 Å². The average molecular weight is 351 g/mol. The maximum Gasteiger partial charge on any atom is 0.224 e. The lowest BCUT2D eigenvalue weighted by molar-refractivity contribution is -0.130. The predicted octanol–water partition coefficient (Wildman–Crippen LogP) is 2.59. The number of aliphatic imine (C=N–C) groups is 1. The summed E-state index contributed by atoms with van der Waals surface area (Å²) in [5.74, 6) is 1.91. The summed E-state index contributed by atoms with van der Waals surface area (Å²) >= 11 is 1.81. The van der Waals surface area contributed by atoms with Gasteiger partial charge in [-0.05, 0) is 32.9 Å². The molecule has 2 N–H and O–H groups in total. The Kier molecular flexibility index (Phi) is 10.8. The van der Waals surface area contributed by atoms with Gasteiger partial charge in [0.25, 0.3) is 0 Å². The minimum absolute atomic E-state index is 0.166. The largest absolute Gasteiger partial charge is 0.357 e. The van der Waals surface area contributed by atoms with Crippen molar-refractivity contribution in [3.8, 4) is 0 Å². The van der Waals surface area contributed by atoms with Gasteiger partial charge in [0.05, 0.1) is 6.54 Å². The number of amides is 1. The second-order valence-corrected chi connectivity index (χ2v) is 6.33. The molecule has 0 fully saturated rings. The summed E-state index contributed by atoms with van der Waals surface area (Å²) in [6.45, 7) is 9.70. The molecule has 0 unspecified atom stereocenters. The van der Waals surface area contributed by atoms with Crippen LogP contribution < -0.4 is 10.6 Å². The zero-order chi connectivity index (χ0) is 17.6. The normalized spacial score (nSPS) is 11.2. The third-order valence-corrected chi connectivity index (χ3v) is 4.48. The van der Waals surface area contributed by atoms with Crippen LogP contribution in [0.4, 0.5) is 0 Å². The van der Waals surface area contributed by atoms with Crippen molar-refractivity contribution in [1.29, 1.82) is 0 Å². The molecule has 0 aliphatic heterocycles. The topological polar surface area (TPSA) is 56.7 Å². The molecule has 1 aromatic rings. The summed E-state index contributed by atoms with van der Waals surface area (Å²) in [5, 5.41) is 6.53. The fourth-order valence-corrected chi connectivity index (χ4v) is 2.98. The van der Waals surface area contributed by atoms with Gasteiger partial charge in [-0.25, -0.2) is 0 Å². The molecule has 0 atom stereocenters. The lowest BCUT2D eigenvalue weighted by Crippen LogP contribution is -2.38. The monoisotopic (exact) mass is 350 g/mol. The second-order valence-electron chi connectivity index (χ2n) is 5.16. The highest BCUT2D eigenvalue weighted by molar-refractivity contribution is 7.99. The highest BCUT2D eigenvalue weighted by Crippen LogP contribution is 2.15. The number of nitrogens with zero attached hydrogens (tertiary/aromatic N) is 2. The van der Waals surface area contributed by atoms with Crippen LogP contribution in [0.2, 0.25) is 0 Å². The van der Waals surface area contributed by atoms with Crippen molar-refractivity contribution in [3.05, 3.63) is 30.3 Å². The van der Waals surface area contributed by atoms with E-state index in [1.165, 1.54) is 4.90 Å². The first-order valence-electron chi connectivity index (χ1n) is 8.69. The molecule has 0 spiro atoms. The molecule has 24 heavy (non-hydrogen) atoms. The number of carbonyl (C=O) groups excluding carboxylic acids is 1. The molecule has 0 radical (unpaired) electrons. The van der Waals surface area contributed by atoms with Crippen molar-refractivity contribution in [2.45, 2.75) is 32.1 Å². The van der Waals surface area contributed by atoms with E-state index in [0.29, 0.717) is 13.0 Å². The van der Waals surface area contributed by atoms with E-state index in [-0.39, 0.29) is 5.91 Å². The Labute approximate surface area is 150 Å². The number of benzene rings is 1. The van der Waals surface area contributed by atoms with Gasteiger partial charge in [0.1, 0.15) is 0 Å². The number of carbonyl (C=O) groups is 1. The SMILES string of the molecule is CCNC(=NCCC(=O)N(CC)CC)NCCSc1ccccc1. The smallest absolute Gasteiger partial charge is 0.224 e. The van der Waals surface area contributed by atoms with Crippen molar-refractivity contribution in [1.82, 2.24) is 15.5 Å². The number of hydrogen-bond donors (Lipinski definition) is 2. The van der Waals surface area contributed by atoms with E-state index in [1.807, 2.05) is 55.6 Å². The van der Waals surface area contributed by atoms with E-state index in [2.05, 4.69) is 27.8 Å². The van der Waals surface area contributed by atoms with Crippen molar-refractivity contribution in [2.24, 2.45) is 4.99 Å². The second kappa shape index (κ2) is 12.7. The maximum atomic E-state index is 12.0. The Morgan fingerprint density at radius 1 is 1.12 bits per heavy atom. The quantitative estimate of drug-likeness (QED) is 0.295. The minimum Gasteiger partial charge on any atom is -0.357 e. The van der Waals surface area contributed by atoms with E-state index < -0.39 is 0 Å². The van der Waals surface area contributed by atoms with Crippen LogP contribution in [-0.4, -0.2) is 55.2 Å².